The van der Waals surface area contributed by atoms with Crippen molar-refractivity contribution >= 4 is 33.8 Å². The van der Waals surface area contributed by atoms with Gasteiger partial charge in [-0.15, -0.1) is 11.3 Å². The minimum absolute atomic E-state index is 0.407. The first-order valence-electron chi connectivity index (χ1n) is 6.37. The van der Waals surface area contributed by atoms with E-state index in [9.17, 15) is 9.59 Å². The van der Waals surface area contributed by atoms with Gasteiger partial charge in [0, 0.05) is 24.1 Å². The molecular formula is C16H13NO3S. The van der Waals surface area contributed by atoms with Gasteiger partial charge in [0.2, 0.25) is 11.6 Å². The first-order chi connectivity index (χ1) is 10.1. The fourth-order valence-electron chi connectivity index (χ4n) is 2.32. The largest absolute Gasteiger partial charge is 0.497 e. The van der Waals surface area contributed by atoms with Crippen LogP contribution in [0.15, 0.2) is 41.9 Å². The Labute approximate surface area is 125 Å². The van der Waals surface area contributed by atoms with E-state index in [1.165, 1.54) is 11.3 Å². The highest BCUT2D eigenvalue weighted by molar-refractivity contribution is 7.13. The predicted molar refractivity (Wildman–Crippen MR) is 82.5 cm³/mol. The smallest absolute Gasteiger partial charge is 0.243 e. The van der Waals surface area contributed by atoms with Crippen molar-refractivity contribution in [3.8, 4) is 5.75 Å². The molecule has 0 fully saturated rings. The van der Waals surface area contributed by atoms with Gasteiger partial charge in [0.05, 0.1) is 17.6 Å². The molecule has 0 radical (unpaired) electrons. The number of methoxy groups -OCH3 is 1. The molecule has 5 heteroatoms. The number of fused-ring (bicyclic) bond motifs is 1. The van der Waals surface area contributed by atoms with Crippen molar-refractivity contribution in [1.29, 1.82) is 0 Å². The zero-order chi connectivity index (χ0) is 15.0. The molecule has 0 saturated carbocycles. The van der Waals surface area contributed by atoms with Crippen LogP contribution in [0.2, 0.25) is 0 Å². The summed E-state index contributed by atoms with van der Waals surface area (Å²) < 4.78 is 7.03. The second kappa shape index (κ2) is 5.18. The van der Waals surface area contributed by atoms with Gasteiger partial charge < -0.3 is 9.30 Å². The summed E-state index contributed by atoms with van der Waals surface area (Å²) in [4.78, 5) is 25.2. The Morgan fingerprint density at radius 2 is 2.00 bits per heavy atom. The Morgan fingerprint density at radius 1 is 1.19 bits per heavy atom. The fourth-order valence-corrected chi connectivity index (χ4v) is 2.98. The van der Waals surface area contributed by atoms with Crippen molar-refractivity contribution in [2.45, 2.75) is 0 Å². The summed E-state index contributed by atoms with van der Waals surface area (Å²) in [6.07, 6.45) is 1.69. The lowest BCUT2D eigenvalue weighted by atomic mass is 10.1. The van der Waals surface area contributed by atoms with Crippen LogP contribution in [0, 0.1) is 0 Å². The normalized spacial score (nSPS) is 10.8. The summed E-state index contributed by atoms with van der Waals surface area (Å²) in [5.74, 6) is -0.303. The van der Waals surface area contributed by atoms with Crippen molar-refractivity contribution in [2.75, 3.05) is 7.11 Å². The van der Waals surface area contributed by atoms with Gasteiger partial charge in [-0.1, -0.05) is 6.07 Å². The summed E-state index contributed by atoms with van der Waals surface area (Å²) in [7, 11) is 3.42. The Hall–Kier alpha value is -2.40. The fraction of sp³-hybridized carbons (Fsp3) is 0.125. The number of nitrogens with zero attached hydrogens (tertiary/aromatic N) is 1. The van der Waals surface area contributed by atoms with Crippen LogP contribution in [-0.4, -0.2) is 23.2 Å². The molecule has 0 atom stereocenters. The maximum Gasteiger partial charge on any atom is 0.243 e. The van der Waals surface area contributed by atoms with E-state index >= 15 is 0 Å². The van der Waals surface area contributed by atoms with E-state index in [2.05, 4.69) is 0 Å². The Balaban J connectivity index is 2.11. The van der Waals surface area contributed by atoms with E-state index in [4.69, 9.17) is 4.74 Å². The van der Waals surface area contributed by atoms with E-state index in [-0.39, 0.29) is 0 Å². The van der Waals surface area contributed by atoms with Crippen LogP contribution in [0.1, 0.15) is 20.0 Å². The van der Waals surface area contributed by atoms with E-state index < -0.39 is 11.6 Å². The van der Waals surface area contributed by atoms with Crippen LogP contribution in [0.3, 0.4) is 0 Å². The van der Waals surface area contributed by atoms with Crippen molar-refractivity contribution in [3.63, 3.8) is 0 Å². The number of benzene rings is 1. The van der Waals surface area contributed by atoms with Crippen molar-refractivity contribution in [2.24, 2.45) is 7.05 Å². The molecule has 21 heavy (non-hydrogen) atoms. The third-order valence-corrected chi connectivity index (χ3v) is 4.26. The third kappa shape index (κ3) is 2.25. The van der Waals surface area contributed by atoms with Crippen molar-refractivity contribution in [1.82, 2.24) is 4.57 Å². The summed E-state index contributed by atoms with van der Waals surface area (Å²) in [6, 6.07) is 8.91. The number of rotatable bonds is 4. The second-order valence-electron chi connectivity index (χ2n) is 4.67. The van der Waals surface area contributed by atoms with Gasteiger partial charge in [-0.3, -0.25) is 9.59 Å². The van der Waals surface area contributed by atoms with Crippen LogP contribution in [0.4, 0.5) is 0 Å². The first-order valence-corrected chi connectivity index (χ1v) is 7.25. The van der Waals surface area contributed by atoms with E-state index in [0.717, 1.165) is 10.9 Å². The highest BCUT2D eigenvalue weighted by Gasteiger charge is 2.23. The number of ether oxygens (including phenoxy) is 1. The summed E-state index contributed by atoms with van der Waals surface area (Å²) >= 11 is 1.27. The van der Waals surface area contributed by atoms with Gasteiger partial charge in [-0.05, 0) is 29.6 Å². The molecule has 0 amide bonds. The minimum atomic E-state index is -0.490. The average molecular weight is 299 g/mol. The summed E-state index contributed by atoms with van der Waals surface area (Å²) in [6.45, 7) is 0. The number of hydrogen-bond acceptors (Lipinski definition) is 4. The number of carbonyl (C=O) groups is 2. The molecular weight excluding hydrogens is 286 g/mol. The van der Waals surface area contributed by atoms with Crippen molar-refractivity contribution < 1.29 is 14.3 Å². The molecule has 3 aromatic rings. The Kier molecular flexibility index (Phi) is 3.35. The van der Waals surface area contributed by atoms with E-state index in [1.54, 1.807) is 36.9 Å². The van der Waals surface area contributed by atoms with Gasteiger partial charge in [-0.25, -0.2) is 0 Å². The number of hydrogen-bond donors (Lipinski definition) is 0. The molecule has 0 aliphatic carbocycles. The summed E-state index contributed by atoms with van der Waals surface area (Å²) in [5, 5.41) is 2.51. The third-order valence-electron chi connectivity index (χ3n) is 3.39. The monoisotopic (exact) mass is 299 g/mol. The molecule has 0 N–H and O–H groups in total. The molecule has 2 aromatic heterocycles. The molecule has 106 valence electrons. The minimum Gasteiger partial charge on any atom is -0.497 e. The molecule has 0 bridgehead atoms. The molecule has 4 nitrogen and oxygen atoms in total. The molecule has 0 saturated heterocycles. The number of thiophene rings is 1. The number of aromatic nitrogens is 1. The van der Waals surface area contributed by atoms with Gasteiger partial charge in [0.15, 0.2) is 0 Å². The Morgan fingerprint density at radius 3 is 2.67 bits per heavy atom. The molecule has 1 aromatic carbocycles. The predicted octanol–water partition coefficient (Wildman–Crippen LogP) is 3.31. The maximum atomic E-state index is 12.5. The molecule has 0 spiro atoms. The number of Topliss-reactive ketones (excluding diaryl/α,β-unsaturated/α-hetero) is 2. The standard InChI is InChI=1S/C16H13NO3S/c1-17-9-12(11-8-10(20-2)5-6-13(11)17)15(18)16(19)14-4-3-7-21-14/h3-9H,1-2H3. The molecule has 2 heterocycles. The van der Waals surface area contributed by atoms with Crippen LogP contribution in [0.25, 0.3) is 10.9 Å². The first kappa shape index (κ1) is 13.6. The van der Waals surface area contributed by atoms with E-state index in [1.807, 2.05) is 23.7 Å². The SMILES string of the molecule is COc1ccc2c(c1)c(C(=O)C(=O)c1cccs1)cn2C. The highest BCUT2D eigenvalue weighted by Crippen LogP contribution is 2.26. The van der Waals surface area contributed by atoms with Gasteiger partial charge in [0.25, 0.3) is 0 Å². The number of carbonyl (C=O) groups excluding carboxylic acids is 2. The van der Waals surface area contributed by atoms with Crippen LogP contribution >= 0.6 is 11.3 Å². The number of ketones is 2. The maximum absolute atomic E-state index is 12.5. The topological polar surface area (TPSA) is 48.3 Å². The molecule has 0 aliphatic heterocycles. The second-order valence-corrected chi connectivity index (χ2v) is 5.62. The van der Waals surface area contributed by atoms with Gasteiger partial charge >= 0.3 is 0 Å². The molecule has 3 rings (SSSR count). The molecule has 0 aliphatic rings. The lowest BCUT2D eigenvalue weighted by Gasteiger charge is -2.01. The van der Waals surface area contributed by atoms with E-state index in [0.29, 0.717) is 16.2 Å². The zero-order valence-corrected chi connectivity index (χ0v) is 12.4. The van der Waals surface area contributed by atoms with Crippen LogP contribution in [0.5, 0.6) is 5.75 Å². The molecule has 0 unspecified atom stereocenters. The zero-order valence-electron chi connectivity index (χ0n) is 11.6. The van der Waals surface area contributed by atoms with Crippen LogP contribution < -0.4 is 4.74 Å². The Bertz CT molecular complexity index is 831. The quantitative estimate of drug-likeness (QED) is 0.548. The number of aryl methyl sites for hydroxylation is 1. The average Bonchev–Trinajstić information content (AvgIpc) is 3.14. The summed E-state index contributed by atoms with van der Waals surface area (Å²) in [5.41, 5.74) is 1.29. The lowest BCUT2D eigenvalue weighted by molar-refractivity contribution is 0.0820. The van der Waals surface area contributed by atoms with Gasteiger partial charge in [0.1, 0.15) is 5.75 Å². The lowest BCUT2D eigenvalue weighted by Crippen LogP contribution is -2.12. The van der Waals surface area contributed by atoms with Crippen LogP contribution in [-0.2, 0) is 7.05 Å². The van der Waals surface area contributed by atoms with Crippen molar-refractivity contribution in [3.05, 3.63) is 52.3 Å². The highest BCUT2D eigenvalue weighted by atomic mass is 32.1. The van der Waals surface area contributed by atoms with Gasteiger partial charge in [-0.2, -0.15) is 0 Å².